The van der Waals surface area contributed by atoms with Crippen molar-refractivity contribution in [2.45, 2.75) is 0 Å². The smallest absolute Gasteiger partial charge is 0.328 e. The molecule has 0 unspecified atom stereocenters. The van der Waals surface area contributed by atoms with Crippen LogP contribution in [0.4, 0.5) is 0 Å². The van der Waals surface area contributed by atoms with Crippen molar-refractivity contribution in [2.75, 3.05) is 13.2 Å². The van der Waals surface area contributed by atoms with E-state index in [4.69, 9.17) is 14.6 Å². The van der Waals surface area contributed by atoms with Gasteiger partial charge in [-0.15, -0.1) is 0 Å². The largest absolute Gasteiger partial charge is 0.490 e. The number of hydrogen-bond acceptors (Lipinski definition) is 3. The normalized spacial score (nSPS) is 10.9. The molecule has 0 aliphatic heterocycles. The number of carboxylic acids is 1. The standard InChI is InChI=1S/C21H18O4/c22-21(23)11-8-16-4-3-7-19(14-16)24-12-13-25-20-10-9-17-5-1-2-6-18(17)15-20/h1-11,14-15H,12-13H2,(H,22,23). The molecule has 0 aromatic heterocycles. The molecule has 4 heteroatoms. The molecule has 0 radical (unpaired) electrons. The number of hydrogen-bond donors (Lipinski definition) is 1. The number of aliphatic carboxylic acids is 1. The van der Waals surface area contributed by atoms with E-state index in [0.29, 0.717) is 19.0 Å². The second-order valence-electron chi connectivity index (χ2n) is 5.45. The molecule has 3 aromatic rings. The highest BCUT2D eigenvalue weighted by atomic mass is 16.5. The van der Waals surface area contributed by atoms with E-state index in [-0.39, 0.29) is 0 Å². The summed E-state index contributed by atoms with van der Waals surface area (Å²) in [6, 6.07) is 21.4. The average Bonchev–Trinajstić information content (AvgIpc) is 2.64. The minimum absolute atomic E-state index is 0.402. The molecule has 1 N–H and O–H groups in total. The van der Waals surface area contributed by atoms with Gasteiger partial charge in [-0.05, 0) is 46.7 Å². The third-order valence-electron chi connectivity index (χ3n) is 3.62. The van der Waals surface area contributed by atoms with E-state index in [0.717, 1.165) is 22.8 Å². The summed E-state index contributed by atoms with van der Waals surface area (Å²) in [5.74, 6) is 0.505. The fourth-order valence-electron chi connectivity index (χ4n) is 2.45. The predicted octanol–water partition coefficient (Wildman–Crippen LogP) is 4.40. The first-order valence-electron chi connectivity index (χ1n) is 7.96. The minimum Gasteiger partial charge on any atom is -0.490 e. The lowest BCUT2D eigenvalue weighted by molar-refractivity contribution is -0.131. The molecule has 4 nitrogen and oxygen atoms in total. The Morgan fingerprint density at radius 1 is 0.840 bits per heavy atom. The first-order valence-corrected chi connectivity index (χ1v) is 7.96. The average molecular weight is 334 g/mol. The number of rotatable bonds is 7. The topological polar surface area (TPSA) is 55.8 Å². The van der Waals surface area contributed by atoms with E-state index in [1.54, 1.807) is 6.07 Å². The number of carbonyl (C=O) groups is 1. The van der Waals surface area contributed by atoms with Gasteiger partial charge in [-0.1, -0.05) is 42.5 Å². The van der Waals surface area contributed by atoms with Crippen molar-refractivity contribution < 1.29 is 19.4 Å². The van der Waals surface area contributed by atoms with Crippen LogP contribution in [-0.4, -0.2) is 24.3 Å². The lowest BCUT2D eigenvalue weighted by atomic mass is 10.1. The molecule has 3 aromatic carbocycles. The third kappa shape index (κ3) is 4.85. The highest BCUT2D eigenvalue weighted by Gasteiger charge is 1.99. The lowest BCUT2D eigenvalue weighted by Gasteiger charge is -2.09. The van der Waals surface area contributed by atoms with Gasteiger partial charge in [0.15, 0.2) is 0 Å². The Kier molecular flexibility index (Phi) is 5.32. The van der Waals surface area contributed by atoms with Gasteiger partial charge in [0.1, 0.15) is 24.7 Å². The monoisotopic (exact) mass is 334 g/mol. The van der Waals surface area contributed by atoms with Crippen LogP contribution in [0.1, 0.15) is 5.56 Å². The Labute approximate surface area is 145 Å². The van der Waals surface area contributed by atoms with Gasteiger partial charge in [0, 0.05) is 6.08 Å². The van der Waals surface area contributed by atoms with Crippen molar-refractivity contribution in [3.8, 4) is 11.5 Å². The summed E-state index contributed by atoms with van der Waals surface area (Å²) in [6.45, 7) is 0.826. The first-order chi connectivity index (χ1) is 12.2. The van der Waals surface area contributed by atoms with E-state index < -0.39 is 5.97 Å². The molecule has 126 valence electrons. The summed E-state index contributed by atoms with van der Waals surface area (Å²) in [5, 5.41) is 11.0. The van der Waals surface area contributed by atoms with Crippen molar-refractivity contribution in [2.24, 2.45) is 0 Å². The summed E-state index contributed by atoms with van der Waals surface area (Å²) in [7, 11) is 0. The number of fused-ring (bicyclic) bond motifs is 1. The summed E-state index contributed by atoms with van der Waals surface area (Å²) in [6.07, 6.45) is 2.63. The van der Waals surface area contributed by atoms with Crippen molar-refractivity contribution in [1.82, 2.24) is 0 Å². The maximum absolute atomic E-state index is 10.6. The van der Waals surface area contributed by atoms with E-state index >= 15 is 0 Å². The van der Waals surface area contributed by atoms with Crippen LogP contribution in [0.3, 0.4) is 0 Å². The molecule has 0 aliphatic carbocycles. The van der Waals surface area contributed by atoms with Gasteiger partial charge in [0.05, 0.1) is 0 Å². The molecule has 0 heterocycles. The van der Waals surface area contributed by atoms with Crippen LogP contribution in [0.25, 0.3) is 16.8 Å². The highest BCUT2D eigenvalue weighted by molar-refractivity contribution is 5.85. The third-order valence-corrected chi connectivity index (χ3v) is 3.62. The van der Waals surface area contributed by atoms with Gasteiger partial charge in [-0.25, -0.2) is 4.79 Å². The van der Waals surface area contributed by atoms with Crippen LogP contribution in [0.5, 0.6) is 11.5 Å². The molecule has 0 aliphatic rings. The molecule has 0 saturated heterocycles. The Balaban J connectivity index is 1.52. The van der Waals surface area contributed by atoms with Gasteiger partial charge >= 0.3 is 5.97 Å². The van der Waals surface area contributed by atoms with Crippen LogP contribution in [0.2, 0.25) is 0 Å². The Morgan fingerprint density at radius 3 is 2.32 bits per heavy atom. The molecule has 0 fully saturated rings. The molecule has 0 bridgehead atoms. The van der Waals surface area contributed by atoms with Crippen molar-refractivity contribution in [1.29, 1.82) is 0 Å². The van der Waals surface area contributed by atoms with Crippen LogP contribution in [0, 0.1) is 0 Å². The van der Waals surface area contributed by atoms with Gasteiger partial charge in [-0.3, -0.25) is 0 Å². The zero-order valence-corrected chi connectivity index (χ0v) is 13.6. The highest BCUT2D eigenvalue weighted by Crippen LogP contribution is 2.20. The second kappa shape index (κ2) is 8.02. The van der Waals surface area contributed by atoms with Crippen molar-refractivity contribution >= 4 is 22.8 Å². The molecule has 0 spiro atoms. The van der Waals surface area contributed by atoms with E-state index in [9.17, 15) is 4.79 Å². The minimum atomic E-state index is -0.977. The zero-order valence-electron chi connectivity index (χ0n) is 13.6. The van der Waals surface area contributed by atoms with Crippen molar-refractivity contribution in [3.05, 3.63) is 78.4 Å². The van der Waals surface area contributed by atoms with Gasteiger partial charge in [0.25, 0.3) is 0 Å². The molecule has 0 amide bonds. The Morgan fingerprint density at radius 2 is 1.56 bits per heavy atom. The SMILES string of the molecule is O=C(O)C=Cc1cccc(OCCOc2ccc3ccccc3c2)c1. The van der Waals surface area contributed by atoms with Crippen LogP contribution >= 0.6 is 0 Å². The second-order valence-corrected chi connectivity index (χ2v) is 5.45. The molecule has 25 heavy (non-hydrogen) atoms. The fourth-order valence-corrected chi connectivity index (χ4v) is 2.45. The molecule has 3 rings (SSSR count). The fraction of sp³-hybridized carbons (Fsp3) is 0.0952. The van der Waals surface area contributed by atoms with Crippen molar-refractivity contribution in [3.63, 3.8) is 0 Å². The summed E-state index contributed by atoms with van der Waals surface area (Å²) in [4.78, 5) is 10.6. The maximum atomic E-state index is 10.6. The van der Waals surface area contributed by atoms with Gasteiger partial charge in [-0.2, -0.15) is 0 Å². The van der Waals surface area contributed by atoms with E-state index in [1.807, 2.05) is 48.5 Å². The summed E-state index contributed by atoms with van der Waals surface area (Å²) in [5.41, 5.74) is 0.773. The molecule has 0 saturated carbocycles. The maximum Gasteiger partial charge on any atom is 0.328 e. The number of ether oxygens (including phenoxy) is 2. The molecule has 0 atom stereocenters. The van der Waals surface area contributed by atoms with Crippen LogP contribution < -0.4 is 9.47 Å². The number of carboxylic acid groups (broad SMARTS) is 1. The summed E-state index contributed by atoms with van der Waals surface area (Å²) >= 11 is 0. The van der Waals surface area contributed by atoms with E-state index in [1.165, 1.54) is 11.5 Å². The summed E-state index contributed by atoms with van der Waals surface area (Å²) < 4.78 is 11.4. The van der Waals surface area contributed by atoms with Gasteiger partial charge in [0.2, 0.25) is 0 Å². The molecular formula is C21H18O4. The Hall–Kier alpha value is -3.27. The van der Waals surface area contributed by atoms with Gasteiger partial charge < -0.3 is 14.6 Å². The quantitative estimate of drug-likeness (QED) is 0.514. The van der Waals surface area contributed by atoms with Crippen LogP contribution in [0.15, 0.2) is 72.8 Å². The molecular weight excluding hydrogens is 316 g/mol. The van der Waals surface area contributed by atoms with Crippen LogP contribution in [-0.2, 0) is 4.79 Å². The number of benzene rings is 3. The van der Waals surface area contributed by atoms with E-state index in [2.05, 4.69) is 12.1 Å². The Bertz CT molecular complexity index is 899. The predicted molar refractivity (Wildman–Crippen MR) is 98.0 cm³/mol. The lowest BCUT2D eigenvalue weighted by Crippen LogP contribution is -2.09. The first kappa shape index (κ1) is 16.6. The zero-order chi connectivity index (χ0) is 17.5.